The van der Waals surface area contributed by atoms with Crippen LogP contribution in [0, 0.1) is 5.92 Å². The van der Waals surface area contributed by atoms with Crippen molar-refractivity contribution in [1.29, 1.82) is 0 Å². The number of nitrogens with zero attached hydrogens (tertiary/aromatic N) is 6. The Kier molecular flexibility index (Phi) is 5.82. The predicted octanol–water partition coefficient (Wildman–Crippen LogP) is 3.55. The van der Waals surface area contributed by atoms with Crippen molar-refractivity contribution in [2.45, 2.75) is 12.8 Å². The Morgan fingerprint density at radius 1 is 0.968 bits per heavy atom. The molecule has 2 fully saturated rings. The minimum absolute atomic E-state index is 0.0189. The summed E-state index contributed by atoms with van der Waals surface area (Å²) in [5, 5.41) is 11.2. The van der Waals surface area contributed by atoms with E-state index in [1.807, 2.05) is 52.2 Å². The smallest absolute Gasteiger partial charge is 0.227 e. The molecule has 0 spiro atoms. The molecule has 2 aliphatic heterocycles. The van der Waals surface area contributed by atoms with E-state index >= 15 is 0 Å². The number of hydrogen-bond donors (Lipinski definition) is 0. The van der Waals surface area contributed by atoms with Gasteiger partial charge in [0.05, 0.1) is 5.92 Å². The average molecular weight is 457 g/mol. The van der Waals surface area contributed by atoms with Crippen molar-refractivity contribution in [2.75, 3.05) is 49.1 Å². The van der Waals surface area contributed by atoms with Gasteiger partial charge in [-0.3, -0.25) is 9.36 Å². The molecular weight excluding hydrogens is 432 g/mol. The molecule has 162 valence electrons. The van der Waals surface area contributed by atoms with Crippen LogP contribution < -0.4 is 9.80 Å². The van der Waals surface area contributed by atoms with Crippen LogP contribution in [0.2, 0.25) is 5.02 Å². The molecule has 31 heavy (non-hydrogen) atoms. The molecule has 2 aromatic heterocycles. The standard InChI is InChI=1S/C22H25ClN6OS/c23-18-6-3-7-19(15-18)26-11-13-27(14-12-26)20(30)17-5-4-10-29(16-17)22-25-24-21(31-22)28-8-1-2-9-28/h1-3,6-9,15,17H,4-5,10-14,16H2/t17-/m1/s1. The second-order valence-corrected chi connectivity index (χ2v) is 9.41. The molecule has 0 radical (unpaired) electrons. The first-order chi connectivity index (χ1) is 15.2. The number of halogens is 1. The van der Waals surface area contributed by atoms with Crippen LogP contribution >= 0.6 is 22.9 Å². The van der Waals surface area contributed by atoms with Crippen LogP contribution in [0.15, 0.2) is 48.8 Å². The van der Waals surface area contributed by atoms with E-state index < -0.39 is 0 Å². The number of amides is 1. The summed E-state index contributed by atoms with van der Waals surface area (Å²) in [7, 11) is 0. The van der Waals surface area contributed by atoms with E-state index in [4.69, 9.17) is 11.6 Å². The summed E-state index contributed by atoms with van der Waals surface area (Å²) in [6.07, 6.45) is 5.87. The quantitative estimate of drug-likeness (QED) is 0.601. The fraction of sp³-hybridized carbons (Fsp3) is 0.409. The zero-order valence-electron chi connectivity index (χ0n) is 17.2. The number of rotatable bonds is 4. The first-order valence-corrected chi connectivity index (χ1v) is 11.9. The van der Waals surface area contributed by atoms with Crippen LogP contribution in [0.5, 0.6) is 0 Å². The van der Waals surface area contributed by atoms with Crippen LogP contribution in [0.4, 0.5) is 10.8 Å². The first kappa shape index (κ1) is 20.3. The van der Waals surface area contributed by atoms with Crippen molar-refractivity contribution >= 4 is 39.7 Å². The first-order valence-electron chi connectivity index (χ1n) is 10.7. The summed E-state index contributed by atoms with van der Waals surface area (Å²) < 4.78 is 1.97. The van der Waals surface area contributed by atoms with Gasteiger partial charge in [-0.2, -0.15) is 0 Å². The molecule has 7 nitrogen and oxygen atoms in total. The number of aromatic nitrogens is 3. The second kappa shape index (κ2) is 8.88. The minimum Gasteiger partial charge on any atom is -0.368 e. The Balaban J connectivity index is 1.19. The van der Waals surface area contributed by atoms with Gasteiger partial charge in [0.1, 0.15) is 0 Å². The molecular formula is C22H25ClN6OS. The molecule has 0 unspecified atom stereocenters. The highest BCUT2D eigenvalue weighted by Gasteiger charge is 2.32. The third-order valence-electron chi connectivity index (χ3n) is 6.03. The number of anilines is 2. The molecule has 0 aliphatic carbocycles. The number of carbonyl (C=O) groups is 1. The highest BCUT2D eigenvalue weighted by Crippen LogP contribution is 2.29. The van der Waals surface area contributed by atoms with Crippen molar-refractivity contribution < 1.29 is 4.79 Å². The lowest BCUT2D eigenvalue weighted by Gasteiger charge is -2.39. The van der Waals surface area contributed by atoms with E-state index in [1.54, 1.807) is 11.3 Å². The normalized spacial score (nSPS) is 19.6. The molecule has 4 heterocycles. The van der Waals surface area contributed by atoms with Crippen LogP contribution in [-0.4, -0.2) is 64.8 Å². The number of benzene rings is 1. The van der Waals surface area contributed by atoms with Gasteiger partial charge < -0.3 is 14.7 Å². The Morgan fingerprint density at radius 3 is 2.52 bits per heavy atom. The number of carbonyl (C=O) groups excluding carboxylic acids is 1. The van der Waals surface area contributed by atoms with Gasteiger partial charge >= 0.3 is 0 Å². The topological polar surface area (TPSA) is 57.5 Å². The van der Waals surface area contributed by atoms with Gasteiger partial charge in [0, 0.05) is 62.4 Å². The molecule has 1 aromatic carbocycles. The van der Waals surface area contributed by atoms with Crippen molar-refractivity contribution in [3.05, 3.63) is 53.8 Å². The maximum Gasteiger partial charge on any atom is 0.227 e. The number of piperidine rings is 1. The highest BCUT2D eigenvalue weighted by atomic mass is 35.5. The van der Waals surface area contributed by atoms with Crippen LogP contribution in [-0.2, 0) is 4.79 Å². The second-order valence-electron chi connectivity index (χ2n) is 8.03. The molecule has 2 aliphatic rings. The Bertz CT molecular complexity index is 1030. The number of hydrogen-bond acceptors (Lipinski definition) is 6. The van der Waals surface area contributed by atoms with Crippen molar-refractivity contribution in [3.8, 4) is 5.13 Å². The minimum atomic E-state index is 0.0189. The summed E-state index contributed by atoms with van der Waals surface area (Å²) in [4.78, 5) is 19.8. The lowest BCUT2D eigenvalue weighted by atomic mass is 9.96. The zero-order chi connectivity index (χ0) is 21.2. The third-order valence-corrected chi connectivity index (χ3v) is 7.27. The van der Waals surface area contributed by atoms with Crippen LogP contribution in [0.25, 0.3) is 5.13 Å². The van der Waals surface area contributed by atoms with Crippen molar-refractivity contribution in [3.63, 3.8) is 0 Å². The average Bonchev–Trinajstić information content (AvgIpc) is 3.51. The molecule has 0 saturated carbocycles. The van der Waals surface area contributed by atoms with Gasteiger partial charge in [-0.05, 0) is 43.2 Å². The summed E-state index contributed by atoms with van der Waals surface area (Å²) in [6.45, 7) is 4.80. The SMILES string of the molecule is O=C([C@@H]1CCCN(c2nnc(-n3cccc3)s2)C1)N1CCN(c2cccc(Cl)c2)CC1. The molecule has 3 aromatic rings. The molecule has 5 rings (SSSR count). The van der Waals surface area contributed by atoms with Gasteiger partial charge in [-0.25, -0.2) is 0 Å². The Hall–Kier alpha value is -2.58. The molecule has 2 saturated heterocycles. The van der Waals surface area contributed by atoms with E-state index in [0.717, 1.165) is 66.5 Å². The summed E-state index contributed by atoms with van der Waals surface area (Å²) in [5.74, 6) is 0.288. The van der Waals surface area contributed by atoms with E-state index in [1.165, 1.54) is 0 Å². The largest absolute Gasteiger partial charge is 0.368 e. The summed E-state index contributed by atoms with van der Waals surface area (Å²) in [6, 6.07) is 11.9. The van der Waals surface area contributed by atoms with E-state index in [9.17, 15) is 4.79 Å². The van der Waals surface area contributed by atoms with E-state index in [0.29, 0.717) is 6.54 Å². The van der Waals surface area contributed by atoms with E-state index in [2.05, 4.69) is 26.1 Å². The molecule has 1 atom stereocenters. The van der Waals surface area contributed by atoms with Crippen LogP contribution in [0.1, 0.15) is 12.8 Å². The maximum atomic E-state index is 13.2. The van der Waals surface area contributed by atoms with Crippen molar-refractivity contribution in [2.24, 2.45) is 5.92 Å². The van der Waals surface area contributed by atoms with Gasteiger partial charge in [-0.1, -0.05) is 29.0 Å². The number of piperazine rings is 1. The monoisotopic (exact) mass is 456 g/mol. The van der Waals surface area contributed by atoms with Gasteiger partial charge in [0.15, 0.2) is 0 Å². The highest BCUT2D eigenvalue weighted by molar-refractivity contribution is 7.17. The molecule has 0 N–H and O–H groups in total. The molecule has 0 bridgehead atoms. The summed E-state index contributed by atoms with van der Waals surface area (Å²) >= 11 is 7.70. The predicted molar refractivity (Wildman–Crippen MR) is 124 cm³/mol. The Labute approximate surface area is 190 Å². The fourth-order valence-corrected chi connectivity index (χ4v) is 5.40. The zero-order valence-corrected chi connectivity index (χ0v) is 18.8. The van der Waals surface area contributed by atoms with Gasteiger partial charge in [-0.15, -0.1) is 10.2 Å². The van der Waals surface area contributed by atoms with Gasteiger partial charge in [0.25, 0.3) is 0 Å². The fourth-order valence-electron chi connectivity index (χ4n) is 4.37. The molecule has 1 amide bonds. The lowest BCUT2D eigenvalue weighted by Crippen LogP contribution is -2.52. The summed E-state index contributed by atoms with van der Waals surface area (Å²) in [5.41, 5.74) is 1.12. The maximum absolute atomic E-state index is 13.2. The molecule has 9 heteroatoms. The van der Waals surface area contributed by atoms with E-state index in [-0.39, 0.29) is 11.8 Å². The Morgan fingerprint density at radius 2 is 1.74 bits per heavy atom. The third kappa shape index (κ3) is 4.41. The van der Waals surface area contributed by atoms with Crippen LogP contribution in [0.3, 0.4) is 0 Å². The lowest BCUT2D eigenvalue weighted by molar-refractivity contribution is -0.136. The van der Waals surface area contributed by atoms with Crippen molar-refractivity contribution in [1.82, 2.24) is 19.7 Å². The van der Waals surface area contributed by atoms with Gasteiger partial charge in [0.2, 0.25) is 16.2 Å².